The van der Waals surface area contributed by atoms with E-state index in [0.29, 0.717) is 5.56 Å². The monoisotopic (exact) mass is 1170 g/mol. The van der Waals surface area contributed by atoms with Crippen molar-refractivity contribution in [3.8, 4) is 0 Å². The standard InChI is InChI=1S/C51H71N12O16PSi/c1-29(2)31(65)23-34-57-43-36(45(68)58-34)56-28-63(43)47-40(38(32(24-64)74-47)79-81(12,13)51(6,7)8)78-80(71,72-22-19-52-9)73-25-33-37(66)39(76-48(69)60(10)20-21-61(11)49(70)77-50(3,4)5)46(75-33)62-27-55-35-41(53-26-54-42(35)62)59-44(67)30-17-15-14-16-18-30/h14-18,26-29,32-33,37-40,46-47,64,66H,19-25H2,1-8,10-13H3,(H,57,58,68)(H,53,54,59,67)/t32-,33-,37-,38?,39-,40-,46-,47-,80?/m1/s1. The molecule has 1 aromatic carbocycles. The number of carbonyl (C=O) groups excluding carboxylic acids is 4. The zero-order chi connectivity index (χ0) is 59.4. The van der Waals surface area contributed by atoms with Crippen molar-refractivity contribution < 1.29 is 70.9 Å². The zero-order valence-electron chi connectivity index (χ0n) is 47.3. The molecule has 5 aromatic rings. The van der Waals surface area contributed by atoms with Gasteiger partial charge in [0.1, 0.15) is 60.7 Å². The summed E-state index contributed by atoms with van der Waals surface area (Å²) in [4.78, 5) is 96.5. The predicted molar refractivity (Wildman–Crippen MR) is 292 cm³/mol. The maximum absolute atomic E-state index is 15.4. The largest absolute Gasteiger partial charge is 0.475 e. The topological polar surface area (TPSA) is 330 Å². The number of ether oxygens (including phenoxy) is 4. The van der Waals surface area contributed by atoms with Crippen LogP contribution in [0.2, 0.25) is 18.1 Å². The molecule has 3 amide bonds. The smallest absolute Gasteiger partial charge is 0.444 e. The van der Waals surface area contributed by atoms with E-state index in [9.17, 15) is 34.2 Å². The number of nitrogens with zero attached hydrogens (tertiary/aromatic N) is 10. The molecule has 2 aliphatic heterocycles. The number of aliphatic hydroxyl groups excluding tert-OH is 2. The summed E-state index contributed by atoms with van der Waals surface area (Å²) in [7, 11) is -4.98. The maximum atomic E-state index is 15.4. The number of likely N-dealkylation sites (N-methyl/N-ethyl adjacent to an activating group) is 2. The fourth-order valence-corrected chi connectivity index (χ4v) is 10.9. The van der Waals surface area contributed by atoms with Gasteiger partial charge in [0.2, 0.25) is 6.54 Å². The number of rotatable bonds is 22. The highest BCUT2D eigenvalue weighted by molar-refractivity contribution is 7.48. The number of hydrogen-bond donors (Lipinski definition) is 4. The van der Waals surface area contributed by atoms with E-state index in [1.165, 1.54) is 40.8 Å². The van der Waals surface area contributed by atoms with Crippen molar-refractivity contribution in [2.24, 2.45) is 5.92 Å². The number of benzene rings is 1. The number of aromatic nitrogens is 8. The van der Waals surface area contributed by atoms with Gasteiger partial charge in [0.25, 0.3) is 11.5 Å². The molecular formula is C51H71N12O16PSi. The fourth-order valence-electron chi connectivity index (χ4n) is 8.21. The molecule has 0 saturated carbocycles. The minimum absolute atomic E-state index is 0.0180. The molecule has 28 nitrogen and oxygen atoms in total. The summed E-state index contributed by atoms with van der Waals surface area (Å²) in [5.74, 6) is -1.03. The van der Waals surface area contributed by atoms with Crippen molar-refractivity contribution in [1.29, 1.82) is 0 Å². The Kier molecular flexibility index (Phi) is 19.4. The molecule has 440 valence electrons. The van der Waals surface area contributed by atoms with Crippen molar-refractivity contribution in [2.45, 2.75) is 135 Å². The van der Waals surface area contributed by atoms with Crippen LogP contribution in [0.15, 0.2) is 54.1 Å². The lowest BCUT2D eigenvalue weighted by atomic mass is 10.1. The van der Waals surface area contributed by atoms with Gasteiger partial charge in [0.05, 0.1) is 32.3 Å². The van der Waals surface area contributed by atoms with Gasteiger partial charge in [-0.25, -0.2) is 45.6 Å². The molecule has 4 aromatic heterocycles. The Hall–Kier alpha value is -6.58. The first-order chi connectivity index (χ1) is 38.0. The van der Waals surface area contributed by atoms with E-state index in [1.54, 1.807) is 65.0 Å². The number of amides is 3. The first-order valence-electron chi connectivity index (χ1n) is 26.1. The number of imidazole rings is 2. The Morgan fingerprint density at radius 3 is 2.15 bits per heavy atom. The SMILES string of the molecule is [C-]#[N+]CCOP(=O)(OC[C@H]1O[C@@H](n2cnc3c(NC(=O)c4ccccc4)ncnc32)[C@H](OC(=O)N(C)CCN(C)C(=O)OC(C)(C)C)[C@@H]1O)O[C@@H]1C(O[Si](C)(C)C(C)(C)C)[C@@H](CO)O[C@H]1n1cnc2c(=O)[nH]c(CC(=O)C(C)C)nc21. The number of fused-ring (bicyclic) bond motifs is 2. The van der Waals surface area contributed by atoms with E-state index in [-0.39, 0.29) is 71.7 Å². The summed E-state index contributed by atoms with van der Waals surface area (Å²) in [5, 5.41) is 25.4. The summed E-state index contributed by atoms with van der Waals surface area (Å²) < 4.78 is 67.6. The van der Waals surface area contributed by atoms with Crippen LogP contribution in [0, 0.1) is 12.5 Å². The van der Waals surface area contributed by atoms with Gasteiger partial charge in [-0.05, 0) is 51.0 Å². The highest BCUT2D eigenvalue weighted by Crippen LogP contribution is 2.55. The summed E-state index contributed by atoms with van der Waals surface area (Å²) in [6.07, 6.45) is -9.81. The lowest BCUT2D eigenvalue weighted by Crippen LogP contribution is -2.50. The number of anilines is 1. The van der Waals surface area contributed by atoms with Gasteiger partial charge in [-0.15, -0.1) is 0 Å². The Bertz CT molecular complexity index is 3210. The van der Waals surface area contributed by atoms with Crippen LogP contribution in [0.5, 0.6) is 0 Å². The summed E-state index contributed by atoms with van der Waals surface area (Å²) in [6.45, 7) is 23.6. The van der Waals surface area contributed by atoms with Crippen molar-refractivity contribution in [2.75, 3.05) is 58.9 Å². The molecule has 9 atom stereocenters. The maximum Gasteiger partial charge on any atom is 0.475 e. The first kappa shape index (κ1) is 62.0. The third kappa shape index (κ3) is 14.6. The fraction of sp³-hybridized carbons (Fsp3) is 0.588. The van der Waals surface area contributed by atoms with Crippen LogP contribution < -0.4 is 10.9 Å². The Morgan fingerprint density at radius 2 is 1.52 bits per heavy atom. The molecule has 0 bridgehead atoms. The minimum atomic E-state index is -5.04. The highest BCUT2D eigenvalue weighted by atomic mass is 31.2. The molecule has 2 aliphatic rings. The van der Waals surface area contributed by atoms with Gasteiger partial charge in [-0.1, -0.05) is 52.8 Å². The number of aromatic amines is 1. The summed E-state index contributed by atoms with van der Waals surface area (Å²) in [6, 6.07) is 8.36. The lowest BCUT2D eigenvalue weighted by Gasteiger charge is -2.40. The number of phosphoric ester groups is 1. The molecule has 2 fully saturated rings. The molecule has 6 heterocycles. The second-order valence-electron chi connectivity index (χ2n) is 22.3. The van der Waals surface area contributed by atoms with Gasteiger partial charge >= 0.3 is 20.0 Å². The van der Waals surface area contributed by atoms with Crippen molar-refractivity contribution in [3.05, 3.63) is 82.5 Å². The van der Waals surface area contributed by atoms with Crippen LogP contribution in [-0.2, 0) is 52.7 Å². The second-order valence-corrected chi connectivity index (χ2v) is 28.7. The highest BCUT2D eigenvalue weighted by Gasteiger charge is 2.55. The van der Waals surface area contributed by atoms with Crippen molar-refractivity contribution >= 4 is 68.2 Å². The molecule has 2 unspecified atom stereocenters. The number of ketones is 1. The number of hydrogen-bond acceptors (Lipinski definition) is 21. The van der Waals surface area contributed by atoms with E-state index in [0.717, 1.165) is 11.2 Å². The third-order valence-electron chi connectivity index (χ3n) is 13.8. The van der Waals surface area contributed by atoms with Gasteiger partial charge in [-0.2, -0.15) is 0 Å². The molecule has 0 spiro atoms. The average molecular weight is 1170 g/mol. The molecule has 81 heavy (non-hydrogen) atoms. The van der Waals surface area contributed by atoms with E-state index in [2.05, 4.69) is 40.1 Å². The molecule has 7 rings (SSSR count). The van der Waals surface area contributed by atoms with Gasteiger partial charge in [0.15, 0.2) is 55.0 Å². The van der Waals surface area contributed by atoms with Gasteiger partial charge < -0.3 is 58.5 Å². The second kappa shape index (κ2) is 25.3. The molecule has 4 N–H and O–H groups in total. The Morgan fingerprint density at radius 1 is 0.889 bits per heavy atom. The third-order valence-corrected chi connectivity index (χ3v) is 19.7. The summed E-state index contributed by atoms with van der Waals surface area (Å²) in [5.41, 5.74) is -1.13. The van der Waals surface area contributed by atoms with E-state index in [1.807, 2.05) is 33.9 Å². The number of carbonyl (C=O) groups is 4. The Balaban J connectivity index is 1.23. The number of aliphatic hydroxyl groups is 2. The quantitative estimate of drug-likeness (QED) is 0.0297. The van der Waals surface area contributed by atoms with Crippen molar-refractivity contribution in [1.82, 2.24) is 48.8 Å². The number of H-pyrrole nitrogens is 1. The summed E-state index contributed by atoms with van der Waals surface area (Å²) >= 11 is 0. The number of nitrogens with one attached hydrogen (secondary N) is 2. The minimum Gasteiger partial charge on any atom is -0.444 e. The van der Waals surface area contributed by atoms with E-state index in [4.69, 9.17) is 43.5 Å². The van der Waals surface area contributed by atoms with Crippen LogP contribution in [0.3, 0.4) is 0 Å². The zero-order valence-corrected chi connectivity index (χ0v) is 49.2. The van der Waals surface area contributed by atoms with Gasteiger partial charge in [-0.3, -0.25) is 37.1 Å². The number of phosphoric acid groups is 1. The van der Waals surface area contributed by atoms with Crippen molar-refractivity contribution in [3.63, 3.8) is 0 Å². The lowest BCUT2D eigenvalue weighted by molar-refractivity contribution is -0.121. The van der Waals surface area contributed by atoms with Crippen LogP contribution in [-0.4, -0.2) is 187 Å². The van der Waals surface area contributed by atoms with E-state index < -0.39 is 119 Å². The average Bonchev–Trinajstić information content (AvgIpc) is 3.97. The van der Waals surface area contributed by atoms with Crippen LogP contribution in [0.25, 0.3) is 27.2 Å². The molecule has 0 aliphatic carbocycles. The van der Waals surface area contributed by atoms with Crippen LogP contribution in [0.4, 0.5) is 15.4 Å². The normalized spacial score (nSPS) is 22.1. The molecule has 2 saturated heterocycles. The molecule has 0 radical (unpaired) electrons. The van der Waals surface area contributed by atoms with Gasteiger partial charge in [0, 0.05) is 38.7 Å². The Labute approximate surface area is 468 Å². The van der Waals surface area contributed by atoms with E-state index >= 15 is 4.57 Å². The first-order valence-corrected chi connectivity index (χ1v) is 30.5. The molecular weight excluding hydrogens is 1100 g/mol. The molecule has 30 heteroatoms. The predicted octanol–water partition coefficient (Wildman–Crippen LogP) is 5.27. The van der Waals surface area contributed by atoms with Crippen LogP contribution in [0.1, 0.15) is 84.0 Å². The van der Waals surface area contributed by atoms with Crippen LogP contribution >= 0.6 is 7.82 Å². The number of Topliss-reactive ketones (excluding diaryl/α,β-unsaturated/α-hetero) is 1.